The number of carbonyl (C=O) groups excluding carboxylic acids is 4. The Morgan fingerprint density at radius 3 is 2.58 bits per heavy atom. The van der Waals surface area contributed by atoms with Crippen molar-refractivity contribution in [2.24, 2.45) is 0 Å². The number of amides is 2. The highest BCUT2D eigenvalue weighted by atomic mass is 32.2. The summed E-state index contributed by atoms with van der Waals surface area (Å²) in [6.45, 7) is 2.83. The van der Waals surface area contributed by atoms with Crippen LogP contribution in [0.3, 0.4) is 0 Å². The van der Waals surface area contributed by atoms with Gasteiger partial charge in [0.1, 0.15) is 12.3 Å². The lowest BCUT2D eigenvalue weighted by atomic mass is 10.2. The second-order valence-electron chi connectivity index (χ2n) is 7.08. The van der Waals surface area contributed by atoms with E-state index in [0.717, 1.165) is 11.0 Å². The molecule has 170 valence electrons. The number of imide groups is 1. The van der Waals surface area contributed by atoms with Crippen LogP contribution in [0.4, 0.5) is 10.5 Å². The first-order valence-corrected chi connectivity index (χ1v) is 10.5. The molecule has 2 aromatic rings. The molecule has 10 nitrogen and oxygen atoms in total. The average molecular weight is 470 g/mol. The molecule has 11 heteroatoms. The van der Waals surface area contributed by atoms with Gasteiger partial charge in [-0.05, 0) is 55.4 Å². The van der Waals surface area contributed by atoms with Crippen LogP contribution in [0.1, 0.15) is 29.8 Å². The number of nitrogens with zero attached hydrogens (tertiary/aromatic N) is 2. The fourth-order valence-corrected chi connectivity index (χ4v) is 3.64. The lowest BCUT2D eigenvalue weighted by Crippen LogP contribution is -2.35. The number of esters is 2. The Bertz CT molecular complexity index is 1170. The summed E-state index contributed by atoms with van der Waals surface area (Å²) in [6.07, 6.45) is 1.06. The first-order valence-electron chi connectivity index (χ1n) is 9.65. The van der Waals surface area contributed by atoms with Crippen molar-refractivity contribution >= 4 is 46.6 Å². The number of non-ortho nitro benzene ring substituents is 1. The van der Waals surface area contributed by atoms with Crippen LogP contribution in [0.5, 0.6) is 5.75 Å². The van der Waals surface area contributed by atoms with Crippen LogP contribution in [0.2, 0.25) is 0 Å². The van der Waals surface area contributed by atoms with Gasteiger partial charge in [-0.25, -0.2) is 4.79 Å². The SMILES string of the molecule is CC(C)OC(=O)CN1C(=O)S/C(=C\c2cccc(OC(=O)c3cccc([N+](=O)[O-])c3)c2)C1=O. The summed E-state index contributed by atoms with van der Waals surface area (Å²) in [5, 5.41) is 10.3. The first-order chi connectivity index (χ1) is 15.6. The molecular formula is C22H18N2O8S. The highest BCUT2D eigenvalue weighted by molar-refractivity contribution is 8.18. The van der Waals surface area contributed by atoms with Crippen molar-refractivity contribution in [1.82, 2.24) is 4.90 Å². The summed E-state index contributed by atoms with van der Waals surface area (Å²) in [5.41, 5.74) is 0.227. The number of nitro groups is 1. The third kappa shape index (κ3) is 6.04. The summed E-state index contributed by atoms with van der Waals surface area (Å²) >= 11 is 0.678. The van der Waals surface area contributed by atoms with Crippen LogP contribution in [0.15, 0.2) is 53.4 Å². The first kappa shape index (κ1) is 23.7. The maximum atomic E-state index is 12.5. The quantitative estimate of drug-likeness (QED) is 0.195. The van der Waals surface area contributed by atoms with Gasteiger partial charge < -0.3 is 9.47 Å². The fraction of sp³-hybridized carbons (Fsp3) is 0.182. The highest BCUT2D eigenvalue weighted by Gasteiger charge is 2.36. The zero-order valence-corrected chi connectivity index (χ0v) is 18.4. The fourth-order valence-electron chi connectivity index (χ4n) is 2.80. The van der Waals surface area contributed by atoms with Gasteiger partial charge in [-0.1, -0.05) is 18.2 Å². The van der Waals surface area contributed by atoms with Gasteiger partial charge in [0.15, 0.2) is 0 Å². The normalized spacial score (nSPS) is 14.6. The van der Waals surface area contributed by atoms with Gasteiger partial charge in [0.2, 0.25) is 0 Å². The van der Waals surface area contributed by atoms with Crippen LogP contribution in [0.25, 0.3) is 6.08 Å². The Kier molecular flexibility index (Phi) is 7.23. The molecule has 0 N–H and O–H groups in total. The summed E-state index contributed by atoms with van der Waals surface area (Å²) in [7, 11) is 0. The molecule has 1 aliphatic heterocycles. The van der Waals surface area contributed by atoms with Gasteiger partial charge in [-0.3, -0.25) is 29.4 Å². The van der Waals surface area contributed by atoms with Gasteiger partial charge in [-0.15, -0.1) is 0 Å². The van der Waals surface area contributed by atoms with E-state index < -0.39 is 34.6 Å². The molecule has 0 bridgehead atoms. The van der Waals surface area contributed by atoms with Crippen molar-refractivity contribution < 1.29 is 33.6 Å². The summed E-state index contributed by atoms with van der Waals surface area (Å²) < 4.78 is 10.3. The van der Waals surface area contributed by atoms with E-state index >= 15 is 0 Å². The Hall–Kier alpha value is -3.99. The second kappa shape index (κ2) is 10.1. The van der Waals surface area contributed by atoms with E-state index in [0.29, 0.717) is 17.3 Å². The van der Waals surface area contributed by atoms with Gasteiger partial charge in [0, 0.05) is 12.1 Å². The number of carbonyl (C=O) groups is 4. The predicted octanol–water partition coefficient (Wildman–Crippen LogP) is 3.80. The molecule has 3 rings (SSSR count). The number of benzene rings is 2. The van der Waals surface area contributed by atoms with Crippen LogP contribution < -0.4 is 4.74 Å². The minimum absolute atomic E-state index is 0.00371. The molecule has 0 spiro atoms. The summed E-state index contributed by atoms with van der Waals surface area (Å²) in [6, 6.07) is 11.3. The van der Waals surface area contributed by atoms with Gasteiger partial charge in [-0.2, -0.15) is 0 Å². The smallest absolute Gasteiger partial charge is 0.343 e. The maximum absolute atomic E-state index is 12.5. The molecule has 0 radical (unpaired) electrons. The molecule has 0 aliphatic carbocycles. The average Bonchev–Trinajstić information content (AvgIpc) is 3.00. The monoisotopic (exact) mass is 470 g/mol. The number of hydrogen-bond donors (Lipinski definition) is 0. The van der Waals surface area contributed by atoms with Crippen LogP contribution in [0, 0.1) is 10.1 Å². The number of hydrogen-bond acceptors (Lipinski definition) is 9. The Labute approximate surface area is 192 Å². The molecule has 1 fully saturated rings. The van der Waals surface area contributed by atoms with Crippen LogP contribution in [-0.2, 0) is 14.3 Å². The lowest BCUT2D eigenvalue weighted by molar-refractivity contribution is -0.384. The molecule has 0 atom stereocenters. The Morgan fingerprint density at radius 1 is 1.15 bits per heavy atom. The molecule has 1 saturated heterocycles. The van der Waals surface area contributed by atoms with E-state index in [1.807, 2.05) is 0 Å². The van der Waals surface area contributed by atoms with E-state index in [1.54, 1.807) is 26.0 Å². The third-order valence-electron chi connectivity index (χ3n) is 4.19. The Morgan fingerprint density at radius 2 is 1.88 bits per heavy atom. The number of nitro benzene ring substituents is 1. The molecule has 2 aromatic carbocycles. The third-order valence-corrected chi connectivity index (χ3v) is 5.09. The van der Waals surface area contributed by atoms with E-state index in [2.05, 4.69) is 0 Å². The van der Waals surface area contributed by atoms with E-state index in [4.69, 9.17) is 9.47 Å². The van der Waals surface area contributed by atoms with Gasteiger partial charge in [0.25, 0.3) is 16.8 Å². The highest BCUT2D eigenvalue weighted by Crippen LogP contribution is 2.32. The minimum atomic E-state index is -0.792. The van der Waals surface area contributed by atoms with Crippen molar-refractivity contribution in [3.8, 4) is 5.75 Å². The van der Waals surface area contributed by atoms with E-state index in [-0.39, 0.29) is 28.0 Å². The van der Waals surface area contributed by atoms with Crippen LogP contribution >= 0.6 is 11.8 Å². The number of ether oxygens (including phenoxy) is 2. The van der Waals surface area contributed by atoms with Crippen molar-refractivity contribution in [2.45, 2.75) is 20.0 Å². The molecule has 0 aromatic heterocycles. The molecule has 0 unspecified atom stereocenters. The number of thioether (sulfide) groups is 1. The molecule has 0 saturated carbocycles. The minimum Gasteiger partial charge on any atom is -0.462 e. The van der Waals surface area contributed by atoms with Crippen molar-refractivity contribution in [1.29, 1.82) is 0 Å². The van der Waals surface area contributed by atoms with Crippen molar-refractivity contribution in [3.63, 3.8) is 0 Å². The number of rotatable bonds is 7. The van der Waals surface area contributed by atoms with E-state index in [1.165, 1.54) is 36.4 Å². The molecular weight excluding hydrogens is 452 g/mol. The topological polar surface area (TPSA) is 133 Å². The zero-order chi connectivity index (χ0) is 24.1. The van der Waals surface area contributed by atoms with Crippen molar-refractivity contribution in [2.75, 3.05) is 6.54 Å². The maximum Gasteiger partial charge on any atom is 0.343 e. The zero-order valence-electron chi connectivity index (χ0n) is 17.5. The van der Waals surface area contributed by atoms with Gasteiger partial charge in [0.05, 0.1) is 21.5 Å². The van der Waals surface area contributed by atoms with Crippen LogP contribution in [-0.4, -0.2) is 45.6 Å². The molecule has 2 amide bonds. The summed E-state index contributed by atoms with van der Waals surface area (Å²) in [4.78, 5) is 60.0. The van der Waals surface area contributed by atoms with Crippen molar-refractivity contribution in [3.05, 3.63) is 74.7 Å². The largest absolute Gasteiger partial charge is 0.462 e. The second-order valence-corrected chi connectivity index (χ2v) is 8.07. The summed E-state index contributed by atoms with van der Waals surface area (Å²) in [5.74, 6) is -1.98. The lowest BCUT2D eigenvalue weighted by Gasteiger charge is -2.13. The molecule has 1 aliphatic rings. The van der Waals surface area contributed by atoms with E-state index in [9.17, 15) is 29.3 Å². The predicted molar refractivity (Wildman–Crippen MR) is 118 cm³/mol. The standard InChI is InChI=1S/C22H18N2O8S/c1-13(2)31-19(25)12-23-20(26)18(33-22(23)28)10-14-5-3-8-17(9-14)32-21(27)15-6-4-7-16(11-15)24(29)30/h3-11,13H,12H2,1-2H3/b18-10-. The Balaban J connectivity index is 1.73. The molecule has 33 heavy (non-hydrogen) atoms. The van der Waals surface area contributed by atoms with Gasteiger partial charge >= 0.3 is 11.9 Å². The molecule has 1 heterocycles.